The van der Waals surface area contributed by atoms with Crippen molar-refractivity contribution in [1.82, 2.24) is 14.8 Å². The van der Waals surface area contributed by atoms with Gasteiger partial charge in [0.05, 0.1) is 10.7 Å². The molecule has 5 rings (SSSR count). The van der Waals surface area contributed by atoms with Gasteiger partial charge in [-0.3, -0.25) is 9.69 Å². The minimum absolute atomic E-state index is 0.0361. The number of piperazine rings is 1. The van der Waals surface area contributed by atoms with Crippen molar-refractivity contribution < 1.29 is 24.2 Å². The number of carbonyl (C=O) groups excluding carboxylic acids is 3. The van der Waals surface area contributed by atoms with Crippen LogP contribution in [0.1, 0.15) is 27.7 Å². The van der Waals surface area contributed by atoms with Crippen LogP contribution >= 0.6 is 11.6 Å². The van der Waals surface area contributed by atoms with E-state index in [4.69, 9.17) is 16.3 Å². The van der Waals surface area contributed by atoms with Crippen LogP contribution in [0.25, 0.3) is 22.3 Å². The van der Waals surface area contributed by atoms with Crippen LogP contribution in [0.5, 0.6) is 5.75 Å². The fourth-order valence-electron chi connectivity index (χ4n) is 5.30. The summed E-state index contributed by atoms with van der Waals surface area (Å²) in [6.07, 6.45) is -0.355. The van der Waals surface area contributed by atoms with E-state index >= 15 is 0 Å². The number of para-hydroxylation sites is 1. The molecule has 1 aromatic heterocycles. The van der Waals surface area contributed by atoms with Crippen molar-refractivity contribution in [2.45, 2.75) is 33.3 Å². The summed E-state index contributed by atoms with van der Waals surface area (Å²) in [4.78, 5) is 48.7. The number of aromatic hydroxyl groups is 1. The summed E-state index contributed by atoms with van der Waals surface area (Å²) in [5.41, 5.74) is 2.48. The Morgan fingerprint density at radius 3 is 2.23 bits per heavy atom. The first kappa shape index (κ1) is 30.9. The molecule has 0 spiro atoms. The van der Waals surface area contributed by atoms with Gasteiger partial charge in [0.2, 0.25) is 5.91 Å². The van der Waals surface area contributed by atoms with Gasteiger partial charge >= 0.3 is 12.1 Å². The highest BCUT2D eigenvalue weighted by Crippen LogP contribution is 2.41. The monoisotopic (exact) mass is 620 g/mol. The second kappa shape index (κ2) is 12.2. The molecule has 2 saturated heterocycles. The van der Waals surface area contributed by atoms with Crippen molar-refractivity contribution in [3.63, 3.8) is 0 Å². The summed E-state index contributed by atoms with van der Waals surface area (Å²) in [6, 6.07) is 14.3. The fraction of sp³-hybridized carbons (Fsp3) is 0.375. The Balaban J connectivity index is 1.44. The standard InChI is InChI=1S/C32H37ClN6O5/c1-20(40)34-27-18-22(19-28(35-27)37-12-14-38(15-13-37)31(43)44-32(2,3)4)24-8-6-7-23(29(24)41)21-9-10-26(25(33)17-21)39-16-11-36(5)30(39)42/h6-10,17-19,41H,11-16H2,1-5H3,(H,34,35,40). The molecular weight excluding hydrogens is 584 g/mol. The zero-order valence-corrected chi connectivity index (χ0v) is 26.3. The molecule has 232 valence electrons. The maximum absolute atomic E-state index is 12.6. The van der Waals surface area contributed by atoms with E-state index in [1.807, 2.05) is 43.9 Å². The molecule has 3 heterocycles. The molecule has 0 aliphatic carbocycles. The third-order valence-corrected chi connectivity index (χ3v) is 7.79. The number of ether oxygens (including phenoxy) is 1. The first-order valence-corrected chi connectivity index (χ1v) is 14.9. The van der Waals surface area contributed by atoms with Crippen molar-refractivity contribution in [1.29, 1.82) is 0 Å². The minimum atomic E-state index is -0.578. The van der Waals surface area contributed by atoms with Gasteiger partial charge in [-0.1, -0.05) is 35.9 Å². The van der Waals surface area contributed by atoms with Gasteiger partial charge in [0, 0.05) is 64.4 Å². The van der Waals surface area contributed by atoms with Crippen molar-refractivity contribution >= 4 is 47.0 Å². The summed E-state index contributed by atoms with van der Waals surface area (Å²) < 4.78 is 5.52. The van der Waals surface area contributed by atoms with Gasteiger partial charge in [0.1, 0.15) is 23.0 Å². The highest BCUT2D eigenvalue weighted by molar-refractivity contribution is 6.34. The van der Waals surface area contributed by atoms with Crippen LogP contribution in [0.15, 0.2) is 48.5 Å². The number of hydrogen-bond donors (Lipinski definition) is 2. The lowest BCUT2D eigenvalue weighted by Crippen LogP contribution is -2.50. The Kier molecular flexibility index (Phi) is 8.60. The SMILES string of the molecule is CC(=O)Nc1cc(-c2cccc(-c3ccc(N4CCN(C)C4=O)c(Cl)c3)c2O)cc(N2CCN(C(=O)OC(C)(C)C)CC2)n1. The highest BCUT2D eigenvalue weighted by Gasteiger charge is 2.29. The number of urea groups is 1. The Morgan fingerprint density at radius 2 is 1.64 bits per heavy atom. The lowest BCUT2D eigenvalue weighted by molar-refractivity contribution is -0.114. The average molecular weight is 621 g/mol. The van der Waals surface area contributed by atoms with Crippen molar-refractivity contribution in [3.8, 4) is 28.0 Å². The maximum Gasteiger partial charge on any atom is 0.410 e. The van der Waals surface area contributed by atoms with E-state index in [0.717, 1.165) is 0 Å². The number of aromatic nitrogens is 1. The van der Waals surface area contributed by atoms with E-state index in [9.17, 15) is 19.5 Å². The third kappa shape index (κ3) is 6.67. The number of phenols is 1. The van der Waals surface area contributed by atoms with Gasteiger partial charge in [-0.2, -0.15) is 0 Å². The zero-order chi connectivity index (χ0) is 31.8. The molecule has 12 heteroatoms. The first-order chi connectivity index (χ1) is 20.8. The number of rotatable bonds is 5. The average Bonchev–Trinajstić information content (AvgIpc) is 3.29. The topological polar surface area (TPSA) is 119 Å². The molecule has 11 nitrogen and oxygen atoms in total. The van der Waals surface area contributed by atoms with Gasteiger partial charge in [0.15, 0.2) is 0 Å². The Labute approximate surface area is 262 Å². The summed E-state index contributed by atoms with van der Waals surface area (Å²) in [7, 11) is 1.75. The van der Waals surface area contributed by atoms with Crippen LogP contribution in [0, 0.1) is 0 Å². The molecule has 0 saturated carbocycles. The minimum Gasteiger partial charge on any atom is -0.507 e. The molecule has 44 heavy (non-hydrogen) atoms. The number of halogens is 1. The van der Waals surface area contributed by atoms with Crippen LogP contribution in [-0.4, -0.2) is 89.8 Å². The molecule has 4 amide bonds. The number of pyridine rings is 1. The van der Waals surface area contributed by atoms with Crippen LogP contribution in [0.4, 0.5) is 26.9 Å². The number of carbonyl (C=O) groups is 3. The molecule has 2 aliphatic heterocycles. The van der Waals surface area contributed by atoms with Crippen LogP contribution in [0.2, 0.25) is 5.02 Å². The smallest absolute Gasteiger partial charge is 0.410 e. The van der Waals surface area contributed by atoms with Gasteiger partial charge in [-0.25, -0.2) is 14.6 Å². The number of nitrogens with one attached hydrogen (secondary N) is 1. The van der Waals surface area contributed by atoms with Gasteiger partial charge in [-0.05, 0) is 56.2 Å². The fourth-order valence-corrected chi connectivity index (χ4v) is 5.58. The van der Waals surface area contributed by atoms with Crippen molar-refractivity contribution in [2.75, 3.05) is 61.4 Å². The lowest BCUT2D eigenvalue weighted by atomic mass is 9.97. The predicted molar refractivity (Wildman–Crippen MR) is 171 cm³/mol. The molecule has 2 aromatic carbocycles. The molecule has 0 bridgehead atoms. The molecule has 3 aromatic rings. The highest BCUT2D eigenvalue weighted by atomic mass is 35.5. The summed E-state index contributed by atoms with van der Waals surface area (Å²) >= 11 is 6.64. The zero-order valence-electron chi connectivity index (χ0n) is 25.6. The second-order valence-electron chi connectivity index (χ2n) is 12.0. The number of benzene rings is 2. The van der Waals surface area contributed by atoms with Gasteiger partial charge < -0.3 is 29.9 Å². The normalized spacial score (nSPS) is 15.5. The molecule has 2 N–H and O–H groups in total. The van der Waals surface area contributed by atoms with E-state index in [1.165, 1.54) is 6.92 Å². The Morgan fingerprint density at radius 1 is 0.955 bits per heavy atom. The quantitative estimate of drug-likeness (QED) is 0.378. The molecule has 0 atom stereocenters. The van der Waals surface area contributed by atoms with Gasteiger partial charge in [-0.15, -0.1) is 0 Å². The van der Waals surface area contributed by atoms with Crippen LogP contribution < -0.4 is 15.1 Å². The molecule has 2 fully saturated rings. The van der Waals surface area contributed by atoms with Gasteiger partial charge in [0.25, 0.3) is 0 Å². The number of anilines is 3. The number of nitrogens with zero attached hydrogens (tertiary/aromatic N) is 5. The largest absolute Gasteiger partial charge is 0.507 e. The maximum atomic E-state index is 12.6. The second-order valence-corrected chi connectivity index (χ2v) is 12.4. The molecule has 2 aliphatic rings. The molecule has 0 radical (unpaired) electrons. The summed E-state index contributed by atoms with van der Waals surface area (Å²) in [5, 5.41) is 14.7. The first-order valence-electron chi connectivity index (χ1n) is 14.5. The van der Waals surface area contributed by atoms with E-state index in [-0.39, 0.29) is 23.8 Å². The number of phenolic OH excluding ortho intramolecular Hbond substituents is 1. The number of hydrogen-bond acceptors (Lipinski definition) is 7. The Hall–Kier alpha value is -4.51. The van der Waals surface area contributed by atoms with Crippen LogP contribution in [-0.2, 0) is 9.53 Å². The lowest BCUT2D eigenvalue weighted by Gasteiger charge is -2.36. The Bertz CT molecular complexity index is 1600. The van der Waals surface area contributed by atoms with E-state index in [2.05, 4.69) is 10.3 Å². The van der Waals surface area contributed by atoms with Crippen LogP contribution in [0.3, 0.4) is 0 Å². The predicted octanol–water partition coefficient (Wildman–Crippen LogP) is 5.66. The van der Waals surface area contributed by atoms with E-state index in [0.29, 0.717) is 83.9 Å². The van der Waals surface area contributed by atoms with Crippen molar-refractivity contribution in [2.24, 2.45) is 0 Å². The third-order valence-electron chi connectivity index (χ3n) is 7.48. The van der Waals surface area contributed by atoms with E-state index in [1.54, 1.807) is 52.1 Å². The van der Waals surface area contributed by atoms with Crippen molar-refractivity contribution in [3.05, 3.63) is 53.6 Å². The van der Waals surface area contributed by atoms with E-state index < -0.39 is 5.60 Å². The summed E-state index contributed by atoms with van der Waals surface area (Å²) in [6.45, 7) is 10.0. The number of amides is 4. The number of likely N-dealkylation sites (N-methyl/N-ethyl adjacent to an activating group) is 1. The summed E-state index contributed by atoms with van der Waals surface area (Å²) in [5.74, 6) is 0.712. The molecular formula is C32H37ClN6O5. The molecule has 0 unspecified atom stereocenters.